The number of aryl methyl sites for hydroxylation is 1. The molecule has 1 aliphatic carbocycles. The van der Waals surface area contributed by atoms with Crippen LogP contribution in [0.4, 0.5) is 16.0 Å². The number of H-pyrrole nitrogens is 1. The van der Waals surface area contributed by atoms with Crippen molar-refractivity contribution in [2.45, 2.75) is 25.7 Å². The van der Waals surface area contributed by atoms with Crippen LogP contribution in [-0.4, -0.2) is 43.3 Å². The molecule has 0 spiro atoms. The summed E-state index contributed by atoms with van der Waals surface area (Å²) in [5, 5.41) is 0. The molecule has 1 N–H and O–H groups in total. The highest BCUT2D eigenvalue weighted by Crippen LogP contribution is 2.30. The molecule has 6 nitrogen and oxygen atoms in total. The van der Waals surface area contributed by atoms with Gasteiger partial charge in [-0.25, -0.2) is 9.37 Å². The quantitative estimate of drug-likeness (QED) is 0.911. The Labute approximate surface area is 151 Å². The van der Waals surface area contributed by atoms with Crippen LogP contribution in [0.5, 0.6) is 5.75 Å². The molecule has 0 bridgehead atoms. The summed E-state index contributed by atoms with van der Waals surface area (Å²) in [6.45, 7) is 2.98. The van der Waals surface area contributed by atoms with Crippen molar-refractivity contribution in [3.05, 3.63) is 45.6 Å². The first kappa shape index (κ1) is 16.9. The number of halogens is 1. The van der Waals surface area contributed by atoms with E-state index in [2.05, 4.69) is 14.8 Å². The average molecular weight is 358 g/mol. The van der Waals surface area contributed by atoms with Crippen molar-refractivity contribution in [2.24, 2.45) is 0 Å². The van der Waals surface area contributed by atoms with Gasteiger partial charge in [0.1, 0.15) is 11.6 Å². The summed E-state index contributed by atoms with van der Waals surface area (Å²) < 4.78 is 18.7. The van der Waals surface area contributed by atoms with E-state index in [1.807, 2.05) is 0 Å². The molecule has 7 heteroatoms. The summed E-state index contributed by atoms with van der Waals surface area (Å²) in [6.07, 6.45) is 3.88. The molecular formula is C19H23FN4O2. The van der Waals surface area contributed by atoms with Crippen LogP contribution < -0.4 is 20.1 Å². The van der Waals surface area contributed by atoms with Gasteiger partial charge in [0.2, 0.25) is 5.95 Å². The first-order chi connectivity index (χ1) is 12.7. The lowest BCUT2D eigenvalue weighted by atomic mass is 9.97. The Morgan fingerprint density at radius 2 is 1.85 bits per heavy atom. The molecule has 138 valence electrons. The molecule has 2 aromatic rings. The van der Waals surface area contributed by atoms with Crippen LogP contribution in [0.15, 0.2) is 23.0 Å². The van der Waals surface area contributed by atoms with Crippen molar-refractivity contribution in [1.29, 1.82) is 0 Å². The van der Waals surface area contributed by atoms with Crippen molar-refractivity contribution in [2.75, 3.05) is 43.1 Å². The number of rotatable bonds is 3. The zero-order chi connectivity index (χ0) is 18.1. The van der Waals surface area contributed by atoms with Crippen LogP contribution in [0.3, 0.4) is 0 Å². The number of anilines is 2. The minimum atomic E-state index is -0.305. The van der Waals surface area contributed by atoms with Crippen LogP contribution in [0, 0.1) is 5.82 Å². The summed E-state index contributed by atoms with van der Waals surface area (Å²) in [7, 11) is 1.55. The number of hydrogen-bond donors (Lipinski definition) is 1. The predicted molar refractivity (Wildman–Crippen MR) is 98.9 cm³/mol. The van der Waals surface area contributed by atoms with Gasteiger partial charge in [0, 0.05) is 37.8 Å². The number of benzene rings is 1. The molecule has 0 saturated carbocycles. The molecule has 2 heterocycles. The van der Waals surface area contributed by atoms with E-state index in [9.17, 15) is 9.18 Å². The van der Waals surface area contributed by atoms with Gasteiger partial charge >= 0.3 is 0 Å². The Hall–Kier alpha value is -2.57. The highest BCUT2D eigenvalue weighted by Gasteiger charge is 2.23. The molecule has 1 aromatic heterocycles. The normalized spacial score (nSPS) is 17.2. The monoisotopic (exact) mass is 358 g/mol. The third-order valence-electron chi connectivity index (χ3n) is 5.24. The number of fused-ring (bicyclic) bond motifs is 1. The largest absolute Gasteiger partial charge is 0.494 e. The van der Waals surface area contributed by atoms with Crippen LogP contribution in [-0.2, 0) is 12.8 Å². The van der Waals surface area contributed by atoms with E-state index in [0.29, 0.717) is 11.7 Å². The standard InChI is InChI=1S/C19H23FN4O2/c1-26-17-12-13(20)6-7-16(17)23-8-10-24(11-9-23)19-21-15-5-3-2-4-14(15)18(25)22-19/h6-7,12H,2-5,8-11H2,1H3,(H,21,22,25). The number of nitrogens with zero attached hydrogens (tertiary/aromatic N) is 3. The SMILES string of the molecule is COc1cc(F)ccc1N1CCN(c2nc3c(c(=O)[nH]2)CCCC3)CC1. The van der Waals surface area contributed by atoms with Crippen LogP contribution in [0.25, 0.3) is 0 Å². The molecule has 0 unspecified atom stereocenters. The number of methoxy groups -OCH3 is 1. The zero-order valence-electron chi connectivity index (χ0n) is 14.9. The summed E-state index contributed by atoms with van der Waals surface area (Å²) in [4.78, 5) is 24.3. The van der Waals surface area contributed by atoms with Gasteiger partial charge in [0.05, 0.1) is 18.5 Å². The smallest absolute Gasteiger partial charge is 0.255 e. The summed E-state index contributed by atoms with van der Waals surface area (Å²) in [6, 6.07) is 4.61. The molecule has 0 amide bonds. The Morgan fingerprint density at radius 1 is 1.12 bits per heavy atom. The van der Waals surface area contributed by atoms with Crippen molar-refractivity contribution in [3.63, 3.8) is 0 Å². The van der Waals surface area contributed by atoms with Gasteiger partial charge in [0.25, 0.3) is 5.56 Å². The fourth-order valence-corrected chi connectivity index (χ4v) is 3.81. The second-order valence-corrected chi connectivity index (χ2v) is 6.81. The van der Waals surface area contributed by atoms with E-state index in [-0.39, 0.29) is 11.4 Å². The Kier molecular flexibility index (Phi) is 4.53. The Bertz CT molecular complexity index is 859. The molecule has 0 radical (unpaired) electrons. The average Bonchev–Trinajstić information content (AvgIpc) is 2.68. The number of piperazine rings is 1. The van der Waals surface area contributed by atoms with Gasteiger partial charge in [-0.3, -0.25) is 9.78 Å². The lowest BCUT2D eigenvalue weighted by molar-refractivity contribution is 0.410. The van der Waals surface area contributed by atoms with Crippen molar-refractivity contribution >= 4 is 11.6 Å². The summed E-state index contributed by atoms with van der Waals surface area (Å²) in [5.41, 5.74) is 2.71. The van der Waals surface area contributed by atoms with E-state index in [4.69, 9.17) is 9.72 Å². The lowest BCUT2D eigenvalue weighted by Crippen LogP contribution is -2.47. The maximum Gasteiger partial charge on any atom is 0.255 e. The molecule has 1 fully saturated rings. The predicted octanol–water partition coefficient (Wildman–Crippen LogP) is 2.12. The summed E-state index contributed by atoms with van der Waals surface area (Å²) >= 11 is 0. The van der Waals surface area contributed by atoms with Crippen molar-refractivity contribution < 1.29 is 9.13 Å². The molecular weight excluding hydrogens is 335 g/mol. The number of hydrogen-bond acceptors (Lipinski definition) is 5. The minimum Gasteiger partial charge on any atom is -0.494 e. The van der Waals surface area contributed by atoms with Crippen LogP contribution in [0.2, 0.25) is 0 Å². The zero-order valence-corrected chi connectivity index (χ0v) is 14.9. The number of aromatic amines is 1. The second-order valence-electron chi connectivity index (χ2n) is 6.81. The third-order valence-corrected chi connectivity index (χ3v) is 5.24. The van der Waals surface area contributed by atoms with E-state index >= 15 is 0 Å². The van der Waals surface area contributed by atoms with E-state index in [1.165, 1.54) is 12.1 Å². The third kappa shape index (κ3) is 3.13. The topological polar surface area (TPSA) is 61.5 Å². The van der Waals surface area contributed by atoms with Crippen molar-refractivity contribution in [1.82, 2.24) is 9.97 Å². The molecule has 26 heavy (non-hydrogen) atoms. The van der Waals surface area contributed by atoms with Gasteiger partial charge < -0.3 is 14.5 Å². The number of aromatic nitrogens is 2. The van der Waals surface area contributed by atoms with Crippen LogP contribution in [0.1, 0.15) is 24.1 Å². The lowest BCUT2D eigenvalue weighted by Gasteiger charge is -2.37. The Morgan fingerprint density at radius 3 is 2.62 bits per heavy atom. The fourth-order valence-electron chi connectivity index (χ4n) is 3.81. The summed E-state index contributed by atoms with van der Waals surface area (Å²) in [5.74, 6) is 0.903. The second kappa shape index (κ2) is 6.97. The first-order valence-corrected chi connectivity index (χ1v) is 9.11. The van der Waals surface area contributed by atoms with Gasteiger partial charge in [0.15, 0.2) is 0 Å². The highest BCUT2D eigenvalue weighted by molar-refractivity contribution is 5.59. The maximum absolute atomic E-state index is 13.4. The molecule has 1 aromatic carbocycles. The van der Waals surface area contributed by atoms with Crippen LogP contribution >= 0.6 is 0 Å². The number of ether oxygens (including phenoxy) is 1. The van der Waals surface area contributed by atoms with Crippen molar-refractivity contribution in [3.8, 4) is 5.75 Å². The van der Waals surface area contributed by atoms with Gasteiger partial charge in [-0.05, 0) is 37.8 Å². The van der Waals surface area contributed by atoms with Gasteiger partial charge in [-0.1, -0.05) is 0 Å². The van der Waals surface area contributed by atoms with E-state index in [0.717, 1.165) is 68.8 Å². The van der Waals surface area contributed by atoms with E-state index < -0.39 is 0 Å². The molecule has 2 aliphatic rings. The first-order valence-electron chi connectivity index (χ1n) is 9.11. The highest BCUT2D eigenvalue weighted by atomic mass is 19.1. The van der Waals surface area contributed by atoms with Gasteiger partial charge in [-0.2, -0.15) is 0 Å². The minimum absolute atomic E-state index is 0.00679. The number of nitrogens with one attached hydrogen (secondary N) is 1. The molecule has 1 aliphatic heterocycles. The molecule has 4 rings (SSSR count). The van der Waals surface area contributed by atoms with E-state index in [1.54, 1.807) is 13.2 Å². The maximum atomic E-state index is 13.4. The van der Waals surface area contributed by atoms with Gasteiger partial charge in [-0.15, -0.1) is 0 Å². The molecule has 1 saturated heterocycles. The Balaban J connectivity index is 1.51. The fraction of sp³-hybridized carbons (Fsp3) is 0.474. The molecule has 0 atom stereocenters.